The number of likely N-dealkylation sites (tertiary alicyclic amines) is 1. The maximum Gasteiger partial charge on any atom is 0.335 e. The molecule has 2 aromatic carbocycles. The Balaban J connectivity index is 1.46. The van der Waals surface area contributed by atoms with Crippen LogP contribution in [0.2, 0.25) is 0 Å². The average molecular weight is 350 g/mol. The quantitative estimate of drug-likeness (QED) is 0.743. The summed E-state index contributed by atoms with van der Waals surface area (Å²) in [6, 6.07) is 14.2. The van der Waals surface area contributed by atoms with Crippen molar-refractivity contribution in [2.24, 2.45) is 0 Å². The number of nitrogens with zero attached hydrogens (tertiary/aromatic N) is 1. The van der Waals surface area contributed by atoms with E-state index in [4.69, 9.17) is 4.42 Å². The monoisotopic (exact) mass is 350 g/mol. The largest absolute Gasteiger partial charge is 0.478 e. The Morgan fingerprint density at radius 3 is 2.85 bits per heavy atom. The molecule has 2 heterocycles. The molecule has 26 heavy (non-hydrogen) atoms. The van der Waals surface area contributed by atoms with Gasteiger partial charge < -0.3 is 19.7 Å². The van der Waals surface area contributed by atoms with Crippen LogP contribution in [0.25, 0.3) is 11.0 Å². The van der Waals surface area contributed by atoms with Gasteiger partial charge in [-0.15, -0.1) is 0 Å². The zero-order valence-electron chi connectivity index (χ0n) is 14.0. The van der Waals surface area contributed by atoms with Crippen molar-refractivity contribution >= 4 is 28.7 Å². The number of urea groups is 1. The van der Waals surface area contributed by atoms with Gasteiger partial charge in [0.2, 0.25) is 0 Å². The maximum atomic E-state index is 12.6. The lowest BCUT2D eigenvalue weighted by atomic mass is 9.93. The van der Waals surface area contributed by atoms with Gasteiger partial charge >= 0.3 is 12.0 Å². The van der Waals surface area contributed by atoms with E-state index < -0.39 is 5.97 Å². The first-order valence-corrected chi connectivity index (χ1v) is 8.47. The van der Waals surface area contributed by atoms with Gasteiger partial charge in [0.05, 0.1) is 11.8 Å². The van der Waals surface area contributed by atoms with Crippen molar-refractivity contribution < 1.29 is 19.1 Å². The summed E-state index contributed by atoms with van der Waals surface area (Å²) in [5, 5.41) is 13.2. The van der Waals surface area contributed by atoms with E-state index in [1.165, 1.54) is 0 Å². The zero-order chi connectivity index (χ0) is 18.1. The summed E-state index contributed by atoms with van der Waals surface area (Å²) >= 11 is 0. The minimum atomic E-state index is -0.933. The van der Waals surface area contributed by atoms with E-state index in [1.54, 1.807) is 29.4 Å². The van der Waals surface area contributed by atoms with Gasteiger partial charge in [-0.2, -0.15) is 0 Å². The highest BCUT2D eigenvalue weighted by molar-refractivity contribution is 5.93. The van der Waals surface area contributed by atoms with Crippen LogP contribution in [-0.2, 0) is 0 Å². The van der Waals surface area contributed by atoms with Crippen LogP contribution >= 0.6 is 0 Å². The van der Waals surface area contributed by atoms with Gasteiger partial charge in [0.25, 0.3) is 0 Å². The van der Waals surface area contributed by atoms with E-state index in [2.05, 4.69) is 5.32 Å². The molecule has 0 aliphatic carbocycles. The van der Waals surface area contributed by atoms with Crippen LogP contribution in [0.1, 0.15) is 28.3 Å². The Kier molecular flexibility index (Phi) is 4.08. The molecule has 132 valence electrons. The smallest absolute Gasteiger partial charge is 0.335 e. The van der Waals surface area contributed by atoms with Crippen molar-refractivity contribution in [3.05, 3.63) is 65.9 Å². The molecular formula is C20H18N2O4. The van der Waals surface area contributed by atoms with E-state index in [9.17, 15) is 14.7 Å². The molecule has 0 spiro atoms. The number of nitrogens with one attached hydrogen (secondary N) is 1. The number of fused-ring (bicyclic) bond motifs is 1. The number of carboxylic acid groups (broad SMARTS) is 1. The first kappa shape index (κ1) is 16.2. The molecule has 1 aromatic heterocycles. The number of carbonyl (C=O) groups excluding carboxylic acids is 1. The summed E-state index contributed by atoms with van der Waals surface area (Å²) in [4.78, 5) is 25.7. The number of hydrogen-bond acceptors (Lipinski definition) is 3. The lowest BCUT2D eigenvalue weighted by Crippen LogP contribution is -2.32. The highest BCUT2D eigenvalue weighted by Crippen LogP contribution is 2.30. The molecule has 6 heteroatoms. The van der Waals surface area contributed by atoms with Crippen LogP contribution in [0.5, 0.6) is 0 Å². The summed E-state index contributed by atoms with van der Waals surface area (Å²) in [5.74, 6) is -0.902. The number of furan rings is 1. The third-order valence-electron chi connectivity index (χ3n) is 4.81. The molecule has 4 rings (SSSR count). The van der Waals surface area contributed by atoms with Gasteiger partial charge in [-0.05, 0) is 42.3 Å². The second kappa shape index (κ2) is 6.55. The minimum absolute atomic E-state index is 0.0319. The lowest BCUT2D eigenvalue weighted by Gasteiger charge is -2.18. The van der Waals surface area contributed by atoms with Crippen LogP contribution in [0, 0.1) is 0 Å². The normalized spacial score (nSPS) is 16.8. The molecule has 0 saturated carbocycles. The second-order valence-corrected chi connectivity index (χ2v) is 6.43. The molecule has 0 radical (unpaired) electrons. The van der Waals surface area contributed by atoms with E-state index in [0.29, 0.717) is 24.3 Å². The Bertz CT molecular complexity index is 979. The van der Waals surface area contributed by atoms with Crippen LogP contribution in [0.4, 0.5) is 10.5 Å². The van der Waals surface area contributed by atoms with Crippen molar-refractivity contribution in [3.8, 4) is 0 Å². The minimum Gasteiger partial charge on any atom is -0.478 e. The van der Waals surface area contributed by atoms with Gasteiger partial charge in [-0.3, -0.25) is 0 Å². The van der Waals surface area contributed by atoms with Crippen molar-refractivity contribution in [1.29, 1.82) is 0 Å². The summed E-state index contributed by atoms with van der Waals surface area (Å²) in [6.07, 6.45) is 2.36. The molecular weight excluding hydrogens is 332 g/mol. The predicted octanol–water partition coefficient (Wildman–Crippen LogP) is 4.15. The third-order valence-corrected chi connectivity index (χ3v) is 4.81. The third kappa shape index (κ3) is 3.01. The van der Waals surface area contributed by atoms with Crippen LogP contribution in [0.15, 0.2) is 59.2 Å². The van der Waals surface area contributed by atoms with Gasteiger partial charge in [0.15, 0.2) is 0 Å². The molecule has 6 nitrogen and oxygen atoms in total. The summed E-state index contributed by atoms with van der Waals surface area (Å²) in [7, 11) is 0. The summed E-state index contributed by atoms with van der Waals surface area (Å²) in [6.45, 7) is 1.10. The lowest BCUT2D eigenvalue weighted by molar-refractivity contribution is 0.0695. The number of carbonyl (C=O) groups is 2. The summed E-state index contributed by atoms with van der Waals surface area (Å²) in [5.41, 5.74) is 2.58. The Labute approximate surface area is 150 Å². The second-order valence-electron chi connectivity index (χ2n) is 6.43. The summed E-state index contributed by atoms with van der Waals surface area (Å²) < 4.78 is 5.30. The number of hydrogen-bond donors (Lipinski definition) is 2. The number of anilines is 1. The van der Waals surface area contributed by atoms with E-state index in [-0.39, 0.29) is 11.9 Å². The maximum absolute atomic E-state index is 12.6. The number of benzene rings is 2. The Hall–Kier alpha value is -3.28. The number of rotatable bonds is 3. The molecule has 1 aliphatic rings. The molecule has 2 amide bonds. The topological polar surface area (TPSA) is 82.8 Å². The molecule has 1 atom stereocenters. The molecule has 3 aromatic rings. The highest BCUT2D eigenvalue weighted by Gasteiger charge is 2.29. The first-order valence-electron chi connectivity index (χ1n) is 8.47. The van der Waals surface area contributed by atoms with Gasteiger partial charge in [0.1, 0.15) is 5.58 Å². The highest BCUT2D eigenvalue weighted by atomic mass is 16.4. The van der Waals surface area contributed by atoms with Gasteiger partial charge in [-0.25, -0.2) is 9.59 Å². The number of aromatic carboxylic acids is 1. The van der Waals surface area contributed by atoms with Crippen molar-refractivity contribution in [2.75, 3.05) is 18.4 Å². The fourth-order valence-electron chi connectivity index (χ4n) is 3.49. The van der Waals surface area contributed by atoms with Crippen molar-refractivity contribution in [1.82, 2.24) is 4.90 Å². The predicted molar refractivity (Wildman–Crippen MR) is 97.6 cm³/mol. The fourth-order valence-corrected chi connectivity index (χ4v) is 3.49. The molecule has 2 N–H and O–H groups in total. The fraction of sp³-hybridized carbons (Fsp3) is 0.200. The van der Waals surface area contributed by atoms with E-state index in [0.717, 1.165) is 23.0 Å². The van der Waals surface area contributed by atoms with E-state index in [1.807, 2.05) is 30.3 Å². The molecule has 0 bridgehead atoms. The van der Waals surface area contributed by atoms with Gasteiger partial charge in [0, 0.05) is 30.1 Å². The molecule has 1 saturated heterocycles. The van der Waals surface area contributed by atoms with Crippen LogP contribution in [-0.4, -0.2) is 35.1 Å². The van der Waals surface area contributed by atoms with E-state index >= 15 is 0 Å². The standard InChI is InChI=1S/C20H18N2O4/c23-19(24)17-4-2-1-3-16(17)14-7-9-22(12-14)20(25)21-15-5-6-18-13(11-15)8-10-26-18/h1-6,8,10-11,14H,7,9,12H2,(H,21,25)(H,23,24)/t14-/m1/s1. The number of amides is 2. The average Bonchev–Trinajstić information content (AvgIpc) is 3.30. The Morgan fingerprint density at radius 1 is 1.15 bits per heavy atom. The molecule has 1 fully saturated rings. The van der Waals surface area contributed by atoms with Crippen LogP contribution < -0.4 is 5.32 Å². The van der Waals surface area contributed by atoms with Crippen molar-refractivity contribution in [3.63, 3.8) is 0 Å². The number of carboxylic acids is 1. The molecule has 1 aliphatic heterocycles. The van der Waals surface area contributed by atoms with Crippen LogP contribution in [0.3, 0.4) is 0 Å². The SMILES string of the molecule is O=C(O)c1ccccc1[C@@H]1CCN(C(=O)Nc2ccc3occc3c2)C1. The Morgan fingerprint density at radius 2 is 2.00 bits per heavy atom. The zero-order valence-corrected chi connectivity index (χ0v) is 14.0. The van der Waals surface area contributed by atoms with Crippen molar-refractivity contribution in [2.45, 2.75) is 12.3 Å². The van der Waals surface area contributed by atoms with Gasteiger partial charge in [-0.1, -0.05) is 18.2 Å². The molecule has 0 unspecified atom stereocenters. The first-order chi connectivity index (χ1) is 12.6.